The first kappa shape index (κ1) is 46.8. The van der Waals surface area contributed by atoms with Crippen molar-refractivity contribution >= 4 is 65.2 Å². The lowest BCUT2D eigenvalue weighted by molar-refractivity contribution is -0.746. The highest BCUT2D eigenvalue weighted by Gasteiger charge is 2.47. The largest absolute Gasteiger partial charge is 0.856 e. The highest BCUT2D eigenvalue weighted by molar-refractivity contribution is 7.46. The van der Waals surface area contributed by atoms with Crippen molar-refractivity contribution in [3.8, 4) is 23.3 Å². The van der Waals surface area contributed by atoms with Gasteiger partial charge in [0.05, 0.1) is 25.4 Å². The molecule has 0 spiro atoms. The lowest BCUT2D eigenvalue weighted by Crippen LogP contribution is -2.45. The van der Waals surface area contributed by atoms with Crippen molar-refractivity contribution in [3.63, 3.8) is 0 Å². The Balaban J connectivity index is 0.000000193. The van der Waals surface area contributed by atoms with Crippen molar-refractivity contribution in [3.05, 3.63) is 71.2 Å². The first-order valence-corrected chi connectivity index (χ1v) is 21.9. The van der Waals surface area contributed by atoms with E-state index in [2.05, 4.69) is 24.5 Å². The number of halogens is 2. The Kier molecular flexibility index (Phi) is 14.3. The van der Waals surface area contributed by atoms with Gasteiger partial charge in [-0.25, -0.2) is 23.7 Å². The molecule has 0 radical (unpaired) electrons. The number of phosphoric ester groups is 1. The fourth-order valence-corrected chi connectivity index (χ4v) is 7.91. The van der Waals surface area contributed by atoms with Gasteiger partial charge in [-0.05, 0) is 48.5 Å². The zero-order chi connectivity index (χ0) is 46.0. The summed E-state index contributed by atoms with van der Waals surface area (Å²) in [4.78, 5) is 33.7. The molecule has 0 unspecified atom stereocenters. The number of anilines is 2. The van der Waals surface area contributed by atoms with E-state index in [0.717, 1.165) is 0 Å². The number of aromatic nitrogens is 8. The zero-order valence-electron chi connectivity index (χ0n) is 34.1. The molecule has 2 aliphatic heterocycles. The minimum Gasteiger partial charge on any atom is -0.856 e. The molecule has 0 amide bonds. The maximum absolute atomic E-state index is 12.6. The standard InChI is InChI=1S/C19H23ClN5O8P.C19H22ClN5O5/c1-10-13(8-32-34(28,29)30)33-18(15(10)26)25-9-24(14-16(25)22-19(21)23-17(14)27)6-7-31-12-4-2-11(20)3-5-12;1-10-13(8-26)30-18(15(10)27)25-9-24(14-16(25)22-19(21)23-17(14)28)6-7-29-12-4-2-11(20)3-5-12/h2-5,9-10,13,15,18,26H,6-8H2,1H3,(H4-,21,22,23,27,28,29,30);2-5,9-10,13,15,18,26-27H,6-8H2,1H3,(H2-,21,22,23,28)/t2*10-,13-,15-,18-/m11/s1. The van der Waals surface area contributed by atoms with Crippen LogP contribution in [-0.2, 0) is 31.7 Å². The summed E-state index contributed by atoms with van der Waals surface area (Å²) >= 11 is 11.8. The molecule has 8 atom stereocenters. The highest BCUT2D eigenvalue weighted by atomic mass is 35.5. The number of aliphatic hydroxyl groups excluding tert-OH is 3. The van der Waals surface area contributed by atoms with E-state index in [1.807, 2.05) is 0 Å². The molecule has 2 aromatic carbocycles. The molecular formula is C38H45Cl2N10O13P. The fraction of sp³-hybridized carbons (Fsp3) is 0.421. The minimum absolute atomic E-state index is 0.132. The minimum atomic E-state index is -4.72. The van der Waals surface area contributed by atoms with Crippen molar-refractivity contribution in [1.29, 1.82) is 0 Å². The third kappa shape index (κ3) is 10.3. The van der Waals surface area contributed by atoms with Gasteiger partial charge < -0.3 is 65.7 Å². The summed E-state index contributed by atoms with van der Waals surface area (Å²) in [5, 5.41) is 57.2. The number of aliphatic hydroxyl groups is 3. The monoisotopic (exact) mass is 950 g/mol. The average molecular weight is 952 g/mol. The van der Waals surface area contributed by atoms with Gasteiger partial charge in [0.1, 0.15) is 50.0 Å². The van der Waals surface area contributed by atoms with E-state index >= 15 is 0 Å². The zero-order valence-corrected chi connectivity index (χ0v) is 36.5. The van der Waals surface area contributed by atoms with Crippen molar-refractivity contribution in [2.24, 2.45) is 11.8 Å². The lowest BCUT2D eigenvalue weighted by atomic mass is 10.0. The van der Waals surface area contributed by atoms with Crippen molar-refractivity contribution in [2.45, 2.75) is 63.8 Å². The van der Waals surface area contributed by atoms with E-state index in [-0.39, 0.29) is 66.5 Å². The van der Waals surface area contributed by atoms with Crippen molar-refractivity contribution in [1.82, 2.24) is 29.1 Å². The molecule has 2 fully saturated rings. The van der Waals surface area contributed by atoms with Gasteiger partial charge in [0.15, 0.2) is 23.7 Å². The van der Waals surface area contributed by atoms with Crippen LogP contribution in [0.4, 0.5) is 11.9 Å². The predicted octanol–water partition coefficient (Wildman–Crippen LogP) is 0.104. The molecule has 344 valence electrons. The van der Waals surface area contributed by atoms with Crippen LogP contribution in [0, 0.1) is 11.8 Å². The van der Waals surface area contributed by atoms with Gasteiger partial charge in [-0.1, -0.05) is 47.0 Å². The maximum Gasteiger partial charge on any atom is 0.469 e. The van der Waals surface area contributed by atoms with Crippen LogP contribution in [0.3, 0.4) is 0 Å². The van der Waals surface area contributed by atoms with Crippen LogP contribution in [0.5, 0.6) is 23.3 Å². The number of imidazole rings is 2. The average Bonchev–Trinajstić information content (AvgIpc) is 3.96. The Bertz CT molecular complexity index is 2620. The normalized spacial score (nSPS) is 23.4. The molecule has 23 nitrogen and oxygen atoms in total. The summed E-state index contributed by atoms with van der Waals surface area (Å²) in [5.74, 6) is -1.18. The Morgan fingerprint density at radius 2 is 1.14 bits per heavy atom. The van der Waals surface area contributed by atoms with Crippen LogP contribution in [0.15, 0.2) is 61.2 Å². The number of fused-ring (bicyclic) bond motifs is 2. The second-order valence-corrected chi connectivity index (χ2v) is 17.1. The van der Waals surface area contributed by atoms with Gasteiger partial charge in [-0.2, -0.15) is 0 Å². The highest BCUT2D eigenvalue weighted by Crippen LogP contribution is 2.39. The van der Waals surface area contributed by atoms with Gasteiger partial charge >= 0.3 is 19.1 Å². The molecule has 2 saturated heterocycles. The van der Waals surface area contributed by atoms with Crippen LogP contribution in [0.1, 0.15) is 26.3 Å². The molecule has 0 aliphatic carbocycles. The molecule has 4 aromatic heterocycles. The summed E-state index contributed by atoms with van der Waals surface area (Å²) in [6.45, 7) is 3.78. The Morgan fingerprint density at radius 3 is 1.53 bits per heavy atom. The number of rotatable bonds is 14. The maximum atomic E-state index is 12.6. The quantitative estimate of drug-likeness (QED) is 0.0562. The SMILES string of the molecule is C[C@H]1[C@@H](O)[C@H]([n+]2cn(CCOc3ccc(Cl)cc3)c3c([O-])nc(N)nc32)O[C@@H]1CO.C[C@H]1[C@@H](O)[C@H]([n+]2cn(CCOc3ccc(Cl)cc3)c3c([O-])nc(N)nc32)O[C@@H]1COP(=O)(O)O. The lowest BCUT2D eigenvalue weighted by Gasteiger charge is -2.15. The summed E-state index contributed by atoms with van der Waals surface area (Å²) in [7, 11) is -4.72. The first-order valence-electron chi connectivity index (χ1n) is 19.7. The van der Waals surface area contributed by atoms with Gasteiger partial charge in [0.25, 0.3) is 11.9 Å². The van der Waals surface area contributed by atoms with Crippen LogP contribution in [-0.4, -0.2) is 105 Å². The second kappa shape index (κ2) is 19.5. The number of nitrogen functional groups attached to an aromatic ring is 2. The molecule has 0 bridgehead atoms. The smallest absolute Gasteiger partial charge is 0.469 e. The van der Waals surface area contributed by atoms with Gasteiger partial charge in [-0.15, -0.1) is 0 Å². The van der Waals surface area contributed by atoms with Crippen LogP contribution in [0.2, 0.25) is 10.0 Å². The molecule has 0 saturated carbocycles. The molecule has 8 rings (SSSR count). The number of nitrogens with two attached hydrogens (primary N) is 2. The Labute approximate surface area is 373 Å². The van der Waals surface area contributed by atoms with Crippen LogP contribution in [0.25, 0.3) is 22.3 Å². The van der Waals surface area contributed by atoms with Crippen molar-refractivity contribution in [2.75, 3.05) is 37.9 Å². The molecule has 6 aromatic rings. The molecule has 9 N–H and O–H groups in total. The number of benzene rings is 2. The van der Waals surface area contributed by atoms with Gasteiger partial charge in [0, 0.05) is 33.6 Å². The van der Waals surface area contributed by atoms with E-state index < -0.39 is 69.0 Å². The Hall–Kier alpha value is -5.17. The van der Waals surface area contributed by atoms with E-state index in [0.29, 0.717) is 28.1 Å². The van der Waals surface area contributed by atoms with E-state index in [1.54, 1.807) is 82.4 Å². The predicted molar refractivity (Wildman–Crippen MR) is 220 cm³/mol. The second-order valence-electron chi connectivity index (χ2n) is 15.0. The van der Waals surface area contributed by atoms with Gasteiger partial charge in [0.2, 0.25) is 12.5 Å². The molecular weight excluding hydrogens is 906 g/mol. The van der Waals surface area contributed by atoms with Gasteiger partial charge in [-0.3, -0.25) is 13.7 Å². The van der Waals surface area contributed by atoms with Crippen LogP contribution < -0.4 is 40.3 Å². The summed E-state index contributed by atoms with van der Waals surface area (Å²) in [5.41, 5.74) is 12.1. The first-order chi connectivity index (χ1) is 30.4. The number of phosphoric acid groups is 1. The van der Waals surface area contributed by atoms with Crippen LogP contribution >= 0.6 is 31.0 Å². The third-order valence-corrected chi connectivity index (χ3v) is 11.7. The topological polar surface area (TPSA) is 332 Å². The van der Waals surface area contributed by atoms with E-state index in [4.69, 9.17) is 63.4 Å². The number of hydrogen-bond donors (Lipinski definition) is 7. The number of nitrogens with zero attached hydrogens (tertiary/aromatic N) is 8. The molecule has 26 heteroatoms. The fourth-order valence-electron chi connectivity index (χ4n) is 7.32. The summed E-state index contributed by atoms with van der Waals surface area (Å²) in [6.07, 6.45) is -2.05. The van der Waals surface area contributed by atoms with Crippen molar-refractivity contribution < 1.29 is 72.5 Å². The molecule has 2 aliphatic rings. The Morgan fingerprint density at radius 1 is 0.734 bits per heavy atom. The number of ether oxygens (including phenoxy) is 4. The number of hydrogen-bond acceptors (Lipinski definition) is 17. The van der Waals surface area contributed by atoms with E-state index in [9.17, 15) is 30.1 Å². The third-order valence-electron chi connectivity index (χ3n) is 10.7. The summed E-state index contributed by atoms with van der Waals surface area (Å²) < 4.78 is 44.9. The molecule has 64 heavy (non-hydrogen) atoms. The molecule has 6 heterocycles. The van der Waals surface area contributed by atoms with E-state index in [1.165, 1.54) is 10.9 Å². The summed E-state index contributed by atoms with van der Waals surface area (Å²) in [6, 6.07) is 13.7.